The minimum atomic E-state index is 0.691. The zero-order valence-electron chi connectivity index (χ0n) is 6.65. The number of rotatable bonds is 1. The predicted molar refractivity (Wildman–Crippen MR) is 57.1 cm³/mol. The number of nitrogens with one attached hydrogen (secondary N) is 1. The number of anilines is 1. The van der Waals surface area contributed by atoms with Crippen LogP contribution >= 0.6 is 23.6 Å². The van der Waals surface area contributed by atoms with Crippen molar-refractivity contribution in [1.29, 1.82) is 0 Å². The molecule has 0 aliphatic heterocycles. The predicted octanol–water partition coefficient (Wildman–Crippen LogP) is 2.45. The molecular weight excluding hydrogens is 202 g/mol. The van der Waals surface area contributed by atoms with E-state index in [2.05, 4.69) is 9.97 Å². The minimum absolute atomic E-state index is 0.691. The molecule has 0 aliphatic rings. The van der Waals surface area contributed by atoms with Gasteiger partial charge in [0.2, 0.25) is 0 Å². The first-order valence-corrected chi connectivity index (χ1v) is 4.89. The van der Waals surface area contributed by atoms with E-state index >= 15 is 0 Å². The molecule has 3 nitrogen and oxygen atoms in total. The Morgan fingerprint density at radius 1 is 1.54 bits per heavy atom. The summed E-state index contributed by atoms with van der Waals surface area (Å²) < 4.78 is 0.691. The molecule has 5 heteroatoms. The van der Waals surface area contributed by atoms with E-state index in [4.69, 9.17) is 18.0 Å². The number of nitrogen functional groups attached to an aromatic ring is 1. The molecule has 0 amide bonds. The van der Waals surface area contributed by atoms with Crippen LogP contribution in [0.5, 0.6) is 0 Å². The summed E-state index contributed by atoms with van der Waals surface area (Å²) in [5.41, 5.74) is 7.60. The second kappa shape index (κ2) is 3.27. The number of thiazole rings is 1. The van der Waals surface area contributed by atoms with E-state index < -0.39 is 0 Å². The fraction of sp³-hybridized carbons (Fsp3) is 0. The van der Waals surface area contributed by atoms with Gasteiger partial charge in [-0.2, -0.15) is 0 Å². The van der Waals surface area contributed by atoms with Gasteiger partial charge in [0.15, 0.2) is 3.95 Å². The quantitative estimate of drug-likeness (QED) is 0.709. The van der Waals surface area contributed by atoms with Crippen LogP contribution in [0.1, 0.15) is 0 Å². The average Bonchev–Trinajstić information content (AvgIpc) is 2.47. The second-order valence-electron chi connectivity index (χ2n) is 2.50. The summed E-state index contributed by atoms with van der Waals surface area (Å²) >= 11 is 6.36. The molecular formula is C8H7N3S2. The Hall–Kier alpha value is -1.20. The zero-order chi connectivity index (χ0) is 9.26. The third kappa shape index (κ3) is 1.61. The average molecular weight is 209 g/mol. The van der Waals surface area contributed by atoms with Crippen molar-refractivity contribution in [1.82, 2.24) is 9.97 Å². The van der Waals surface area contributed by atoms with Crippen LogP contribution in [0.15, 0.2) is 24.5 Å². The highest BCUT2D eigenvalue weighted by Gasteiger charge is 2.04. The first-order chi connectivity index (χ1) is 6.27. The van der Waals surface area contributed by atoms with Crippen molar-refractivity contribution in [3.05, 3.63) is 28.5 Å². The summed E-state index contributed by atoms with van der Waals surface area (Å²) in [6, 6.07) is 3.81. The molecule has 0 saturated carbocycles. The van der Waals surface area contributed by atoms with E-state index in [0.29, 0.717) is 8.96 Å². The molecule has 2 heterocycles. The third-order valence-corrected chi connectivity index (χ3v) is 2.69. The number of hydrogen-bond acceptors (Lipinski definition) is 4. The van der Waals surface area contributed by atoms with Crippen LogP contribution in [-0.2, 0) is 0 Å². The van der Waals surface area contributed by atoms with Gasteiger partial charge in [0.05, 0.1) is 5.69 Å². The normalized spacial score (nSPS) is 10.2. The molecule has 2 aromatic heterocycles. The topological polar surface area (TPSA) is 54.7 Å². The van der Waals surface area contributed by atoms with Crippen molar-refractivity contribution in [2.24, 2.45) is 0 Å². The van der Waals surface area contributed by atoms with Crippen LogP contribution in [0.3, 0.4) is 0 Å². The van der Waals surface area contributed by atoms with Crippen LogP contribution < -0.4 is 5.73 Å². The van der Waals surface area contributed by atoms with E-state index in [1.165, 1.54) is 11.3 Å². The summed E-state index contributed by atoms with van der Waals surface area (Å²) in [5.74, 6) is 0. The SMILES string of the molecule is Nc1sc(=S)[nH]c1-c1cccnc1. The summed E-state index contributed by atoms with van der Waals surface area (Å²) in [6.07, 6.45) is 3.48. The fourth-order valence-corrected chi connectivity index (χ4v) is 2.06. The first-order valence-electron chi connectivity index (χ1n) is 3.66. The van der Waals surface area contributed by atoms with Crippen LogP contribution in [-0.4, -0.2) is 9.97 Å². The molecule has 0 bridgehead atoms. The lowest BCUT2D eigenvalue weighted by Crippen LogP contribution is -1.85. The number of nitrogens with two attached hydrogens (primary N) is 1. The molecule has 0 atom stereocenters. The molecule has 0 unspecified atom stereocenters. The largest absolute Gasteiger partial charge is 0.389 e. The maximum atomic E-state index is 5.77. The van der Waals surface area contributed by atoms with Gasteiger partial charge in [0.1, 0.15) is 5.00 Å². The van der Waals surface area contributed by atoms with Gasteiger partial charge in [0, 0.05) is 18.0 Å². The highest BCUT2D eigenvalue weighted by molar-refractivity contribution is 7.73. The van der Waals surface area contributed by atoms with Crippen LogP contribution in [0, 0.1) is 3.95 Å². The van der Waals surface area contributed by atoms with Crippen molar-refractivity contribution in [3.63, 3.8) is 0 Å². The molecule has 2 rings (SSSR count). The molecule has 0 spiro atoms. The standard InChI is InChI=1S/C8H7N3S2/c9-7-6(11-8(12)13-7)5-2-1-3-10-4-5/h1-4H,9H2,(H,11,12). The molecule has 0 fully saturated rings. The van der Waals surface area contributed by atoms with E-state index in [0.717, 1.165) is 11.3 Å². The van der Waals surface area contributed by atoms with E-state index in [1.807, 2.05) is 12.1 Å². The van der Waals surface area contributed by atoms with Gasteiger partial charge in [-0.1, -0.05) is 11.3 Å². The smallest absolute Gasteiger partial charge is 0.160 e. The zero-order valence-corrected chi connectivity index (χ0v) is 8.28. The maximum Gasteiger partial charge on any atom is 0.160 e. The number of aromatic nitrogens is 2. The van der Waals surface area contributed by atoms with Crippen molar-refractivity contribution in [2.75, 3.05) is 5.73 Å². The molecule has 3 N–H and O–H groups in total. The Bertz CT molecular complexity index is 458. The number of nitrogens with zero attached hydrogens (tertiary/aromatic N) is 1. The van der Waals surface area contributed by atoms with Crippen LogP contribution in [0.2, 0.25) is 0 Å². The van der Waals surface area contributed by atoms with Gasteiger partial charge < -0.3 is 10.7 Å². The summed E-state index contributed by atoms with van der Waals surface area (Å²) in [4.78, 5) is 7.04. The van der Waals surface area contributed by atoms with E-state index in [9.17, 15) is 0 Å². The van der Waals surface area contributed by atoms with Crippen molar-refractivity contribution in [2.45, 2.75) is 0 Å². The Balaban J connectivity index is 2.59. The number of H-pyrrole nitrogens is 1. The molecule has 0 radical (unpaired) electrons. The van der Waals surface area contributed by atoms with Crippen LogP contribution in [0.25, 0.3) is 11.3 Å². The van der Waals surface area contributed by atoms with Gasteiger partial charge >= 0.3 is 0 Å². The van der Waals surface area contributed by atoms with Gasteiger partial charge in [-0.3, -0.25) is 4.98 Å². The monoisotopic (exact) mass is 209 g/mol. The van der Waals surface area contributed by atoms with Gasteiger partial charge in [0.25, 0.3) is 0 Å². The summed E-state index contributed by atoms with van der Waals surface area (Å²) in [6.45, 7) is 0. The Morgan fingerprint density at radius 3 is 2.92 bits per heavy atom. The minimum Gasteiger partial charge on any atom is -0.389 e. The van der Waals surface area contributed by atoms with Gasteiger partial charge in [-0.05, 0) is 24.4 Å². The third-order valence-electron chi connectivity index (χ3n) is 1.63. The molecule has 13 heavy (non-hydrogen) atoms. The molecule has 0 saturated heterocycles. The van der Waals surface area contributed by atoms with Crippen molar-refractivity contribution >= 4 is 28.6 Å². The first kappa shape index (κ1) is 8.40. The Morgan fingerprint density at radius 2 is 2.38 bits per heavy atom. The second-order valence-corrected chi connectivity index (χ2v) is 4.21. The molecule has 0 aromatic carbocycles. The number of hydrogen-bond donors (Lipinski definition) is 2. The van der Waals surface area contributed by atoms with Crippen molar-refractivity contribution in [3.8, 4) is 11.3 Å². The summed E-state index contributed by atoms with van der Waals surface area (Å²) in [7, 11) is 0. The molecule has 2 aromatic rings. The molecule has 0 aliphatic carbocycles. The van der Waals surface area contributed by atoms with E-state index in [-0.39, 0.29) is 0 Å². The highest BCUT2D eigenvalue weighted by Crippen LogP contribution is 2.27. The van der Waals surface area contributed by atoms with Crippen LogP contribution in [0.4, 0.5) is 5.00 Å². The number of pyridine rings is 1. The summed E-state index contributed by atoms with van der Waals surface area (Å²) in [5, 5.41) is 0.706. The lowest BCUT2D eigenvalue weighted by Gasteiger charge is -1.96. The highest BCUT2D eigenvalue weighted by atomic mass is 32.1. The van der Waals surface area contributed by atoms with Gasteiger partial charge in [-0.15, -0.1) is 0 Å². The van der Waals surface area contributed by atoms with Crippen molar-refractivity contribution < 1.29 is 0 Å². The Kier molecular flexibility index (Phi) is 2.12. The lowest BCUT2D eigenvalue weighted by molar-refractivity contribution is 1.30. The lowest BCUT2D eigenvalue weighted by atomic mass is 10.2. The Labute approximate surface area is 84.3 Å². The number of aromatic amines is 1. The van der Waals surface area contributed by atoms with Gasteiger partial charge in [-0.25, -0.2) is 0 Å². The fourth-order valence-electron chi connectivity index (χ4n) is 1.07. The molecule has 66 valence electrons. The van der Waals surface area contributed by atoms with E-state index in [1.54, 1.807) is 12.4 Å². The maximum absolute atomic E-state index is 5.77.